The third kappa shape index (κ3) is 3.65. The van der Waals surface area contributed by atoms with Crippen molar-refractivity contribution in [2.75, 3.05) is 26.8 Å². The normalized spacial score (nSPS) is 11.7. The van der Waals surface area contributed by atoms with E-state index in [1.807, 2.05) is 0 Å². The van der Waals surface area contributed by atoms with Crippen LogP contribution in [0, 0.1) is 18.2 Å². The van der Waals surface area contributed by atoms with Gasteiger partial charge in [0.2, 0.25) is 0 Å². The van der Waals surface area contributed by atoms with Gasteiger partial charge in [-0.1, -0.05) is 6.92 Å². The van der Waals surface area contributed by atoms with Crippen LogP contribution in [-0.4, -0.2) is 52.8 Å². The van der Waals surface area contributed by atoms with Crippen LogP contribution in [-0.2, 0) is 0 Å². The lowest BCUT2D eigenvalue weighted by atomic mass is 9.92. The number of carbonyl (C=O) groups is 1. The molecule has 0 aliphatic rings. The molecule has 1 amide bonds. The summed E-state index contributed by atoms with van der Waals surface area (Å²) in [6.07, 6.45) is 0. The Kier molecular flexibility index (Phi) is 4.97. The molecule has 0 bridgehead atoms. The fourth-order valence-corrected chi connectivity index (χ4v) is 2.51. The summed E-state index contributed by atoms with van der Waals surface area (Å²) in [7, 11) is 1.61. The lowest BCUT2D eigenvalue weighted by molar-refractivity contribution is 0.0367. The van der Waals surface area contributed by atoms with Crippen molar-refractivity contribution in [3.05, 3.63) is 41.3 Å². The van der Waals surface area contributed by atoms with Crippen molar-refractivity contribution in [3.8, 4) is 0 Å². The predicted molar refractivity (Wildman–Crippen MR) is 85.7 cm³/mol. The van der Waals surface area contributed by atoms with E-state index < -0.39 is 11.2 Å². The maximum absolute atomic E-state index is 13.4. The van der Waals surface area contributed by atoms with Gasteiger partial charge in [-0.05, 0) is 25.1 Å². The number of aliphatic hydroxyl groups excluding tert-OH is 2. The molecule has 2 rings (SSSR count). The largest absolute Gasteiger partial charge is 0.396 e. The average Bonchev–Trinajstić information content (AvgIpc) is 2.52. The predicted octanol–water partition coefficient (Wildman–Crippen LogP) is 1.75. The number of pyridine rings is 1. The van der Waals surface area contributed by atoms with Crippen LogP contribution in [0.2, 0.25) is 0 Å². The first-order chi connectivity index (χ1) is 10.8. The van der Waals surface area contributed by atoms with E-state index in [1.165, 1.54) is 23.1 Å². The van der Waals surface area contributed by atoms with Gasteiger partial charge in [0.15, 0.2) is 0 Å². The standard InChI is InChI=1S/C17H21FN2O3/c1-11-6-14(13-5-4-12(18)7-15(13)19-11)16(23)20(3)8-17(2,9-21)10-22/h4-7,21-22H,8-10H2,1-3H3. The number of rotatable bonds is 5. The van der Waals surface area contributed by atoms with Gasteiger partial charge in [0.25, 0.3) is 5.91 Å². The molecule has 6 heteroatoms. The van der Waals surface area contributed by atoms with Gasteiger partial charge in [0.05, 0.1) is 24.3 Å². The summed E-state index contributed by atoms with van der Waals surface area (Å²) in [4.78, 5) is 18.4. The Morgan fingerprint density at radius 1 is 1.30 bits per heavy atom. The van der Waals surface area contributed by atoms with E-state index in [0.717, 1.165) is 0 Å². The molecule has 0 saturated carbocycles. The van der Waals surface area contributed by atoms with E-state index in [1.54, 1.807) is 27.0 Å². The summed E-state index contributed by atoms with van der Waals surface area (Å²) in [5, 5.41) is 19.3. The number of fused-ring (bicyclic) bond motifs is 1. The third-order valence-electron chi connectivity index (χ3n) is 3.86. The number of aromatic nitrogens is 1. The van der Waals surface area contributed by atoms with Gasteiger partial charge in [-0.3, -0.25) is 9.78 Å². The minimum atomic E-state index is -0.783. The summed E-state index contributed by atoms with van der Waals surface area (Å²) < 4.78 is 13.4. The number of aliphatic hydroxyl groups is 2. The molecular weight excluding hydrogens is 299 g/mol. The van der Waals surface area contributed by atoms with Crippen LogP contribution in [0.15, 0.2) is 24.3 Å². The topological polar surface area (TPSA) is 73.7 Å². The van der Waals surface area contributed by atoms with Gasteiger partial charge in [-0.15, -0.1) is 0 Å². The molecular formula is C17H21FN2O3. The minimum absolute atomic E-state index is 0.197. The van der Waals surface area contributed by atoms with Crippen LogP contribution in [0.3, 0.4) is 0 Å². The molecule has 0 fully saturated rings. The Hall–Kier alpha value is -2.05. The average molecular weight is 320 g/mol. The van der Waals surface area contributed by atoms with Crippen LogP contribution in [0.25, 0.3) is 10.9 Å². The van der Waals surface area contributed by atoms with Gasteiger partial charge in [0, 0.05) is 36.2 Å². The molecule has 124 valence electrons. The third-order valence-corrected chi connectivity index (χ3v) is 3.86. The summed E-state index contributed by atoms with van der Waals surface area (Å²) in [6.45, 7) is 3.17. The van der Waals surface area contributed by atoms with E-state index in [4.69, 9.17) is 0 Å². The maximum Gasteiger partial charge on any atom is 0.254 e. The molecule has 0 atom stereocenters. The fourth-order valence-electron chi connectivity index (χ4n) is 2.51. The molecule has 23 heavy (non-hydrogen) atoms. The van der Waals surface area contributed by atoms with E-state index in [0.29, 0.717) is 22.2 Å². The van der Waals surface area contributed by atoms with Crippen LogP contribution in [0.4, 0.5) is 4.39 Å². The molecule has 2 aromatic rings. The maximum atomic E-state index is 13.4. The van der Waals surface area contributed by atoms with Crippen molar-refractivity contribution in [2.45, 2.75) is 13.8 Å². The van der Waals surface area contributed by atoms with Gasteiger partial charge < -0.3 is 15.1 Å². The first-order valence-corrected chi connectivity index (χ1v) is 7.34. The highest BCUT2D eigenvalue weighted by atomic mass is 19.1. The van der Waals surface area contributed by atoms with Crippen molar-refractivity contribution in [1.29, 1.82) is 0 Å². The lowest BCUT2D eigenvalue weighted by Gasteiger charge is -2.30. The van der Waals surface area contributed by atoms with Crippen LogP contribution in [0.5, 0.6) is 0 Å². The summed E-state index contributed by atoms with van der Waals surface area (Å²) in [6, 6.07) is 5.79. The summed E-state index contributed by atoms with van der Waals surface area (Å²) in [5.41, 5.74) is 0.683. The second-order valence-corrected chi connectivity index (χ2v) is 6.26. The second-order valence-electron chi connectivity index (χ2n) is 6.26. The molecule has 0 spiro atoms. The quantitative estimate of drug-likeness (QED) is 0.880. The van der Waals surface area contributed by atoms with Crippen molar-refractivity contribution in [2.24, 2.45) is 5.41 Å². The zero-order valence-electron chi connectivity index (χ0n) is 13.5. The van der Waals surface area contributed by atoms with Crippen LogP contribution in [0.1, 0.15) is 23.0 Å². The minimum Gasteiger partial charge on any atom is -0.396 e. The highest BCUT2D eigenvalue weighted by molar-refractivity contribution is 6.06. The van der Waals surface area contributed by atoms with Crippen LogP contribution < -0.4 is 0 Å². The molecule has 0 saturated heterocycles. The summed E-state index contributed by atoms with van der Waals surface area (Å²) in [5.74, 6) is -0.671. The molecule has 5 nitrogen and oxygen atoms in total. The fraction of sp³-hybridized carbons (Fsp3) is 0.412. The number of carbonyl (C=O) groups excluding carboxylic acids is 1. The van der Waals surface area contributed by atoms with E-state index >= 15 is 0 Å². The number of aryl methyl sites for hydroxylation is 1. The molecule has 0 unspecified atom stereocenters. The van der Waals surface area contributed by atoms with Crippen LogP contribution >= 0.6 is 0 Å². The number of halogens is 1. The molecule has 0 radical (unpaired) electrons. The SMILES string of the molecule is Cc1cc(C(=O)N(C)CC(C)(CO)CO)c2ccc(F)cc2n1. The highest BCUT2D eigenvalue weighted by Crippen LogP contribution is 2.23. The number of hydrogen-bond donors (Lipinski definition) is 2. The highest BCUT2D eigenvalue weighted by Gasteiger charge is 2.27. The number of nitrogens with zero attached hydrogens (tertiary/aromatic N) is 2. The monoisotopic (exact) mass is 320 g/mol. The van der Waals surface area contributed by atoms with Crippen molar-refractivity contribution >= 4 is 16.8 Å². The Balaban J connectivity index is 2.41. The first-order valence-electron chi connectivity index (χ1n) is 7.34. The zero-order chi connectivity index (χ0) is 17.2. The van der Waals surface area contributed by atoms with E-state index in [9.17, 15) is 19.4 Å². The Bertz CT molecular complexity index is 724. The van der Waals surface area contributed by atoms with Gasteiger partial charge >= 0.3 is 0 Å². The van der Waals surface area contributed by atoms with Crippen molar-refractivity contribution in [3.63, 3.8) is 0 Å². The van der Waals surface area contributed by atoms with E-state index in [-0.39, 0.29) is 25.7 Å². The van der Waals surface area contributed by atoms with Crippen molar-refractivity contribution in [1.82, 2.24) is 9.88 Å². The molecule has 0 aliphatic carbocycles. The Labute approximate surface area is 134 Å². The molecule has 1 aromatic heterocycles. The molecule has 1 aromatic carbocycles. The molecule has 0 aliphatic heterocycles. The number of hydrogen-bond acceptors (Lipinski definition) is 4. The zero-order valence-corrected chi connectivity index (χ0v) is 13.5. The van der Waals surface area contributed by atoms with Gasteiger partial charge in [-0.25, -0.2) is 4.39 Å². The van der Waals surface area contributed by atoms with Crippen molar-refractivity contribution < 1.29 is 19.4 Å². The van der Waals surface area contributed by atoms with Gasteiger partial charge in [-0.2, -0.15) is 0 Å². The number of benzene rings is 1. The molecule has 2 N–H and O–H groups in total. The Morgan fingerprint density at radius 3 is 2.57 bits per heavy atom. The first kappa shape index (κ1) is 17.3. The molecule has 1 heterocycles. The summed E-state index contributed by atoms with van der Waals surface area (Å²) >= 11 is 0. The Morgan fingerprint density at radius 2 is 1.96 bits per heavy atom. The number of amides is 1. The smallest absolute Gasteiger partial charge is 0.254 e. The second kappa shape index (κ2) is 6.60. The van der Waals surface area contributed by atoms with Gasteiger partial charge in [0.1, 0.15) is 5.82 Å². The van der Waals surface area contributed by atoms with E-state index in [2.05, 4.69) is 4.98 Å². The lowest BCUT2D eigenvalue weighted by Crippen LogP contribution is -2.41.